The van der Waals surface area contributed by atoms with Gasteiger partial charge in [-0.3, -0.25) is 19.7 Å². The zero-order valence-corrected chi connectivity index (χ0v) is 20.2. The van der Waals surface area contributed by atoms with E-state index in [1.807, 2.05) is 18.2 Å². The summed E-state index contributed by atoms with van der Waals surface area (Å²) in [6, 6.07) is 11.6. The third kappa shape index (κ3) is 7.71. The van der Waals surface area contributed by atoms with Gasteiger partial charge in [-0.05, 0) is 35.7 Å². The fourth-order valence-corrected chi connectivity index (χ4v) is 4.52. The molecular weight excluding hydrogens is 476 g/mol. The molecule has 3 heterocycles. The van der Waals surface area contributed by atoms with Crippen molar-refractivity contribution in [3.63, 3.8) is 0 Å². The molecule has 1 unspecified atom stereocenters. The number of likely N-dealkylation sites (tertiary alicyclic amines) is 1. The van der Waals surface area contributed by atoms with Gasteiger partial charge in [0.2, 0.25) is 0 Å². The Bertz CT molecular complexity index is 1090. The van der Waals surface area contributed by atoms with Gasteiger partial charge in [-0.15, -0.1) is 0 Å². The third-order valence-corrected chi connectivity index (χ3v) is 6.38. The van der Waals surface area contributed by atoms with Gasteiger partial charge in [0.15, 0.2) is 5.12 Å². The standard InChI is InChI=1S/C14H16N2O5S.C10H10O3/c1-10(17)22-13-6-7-15(8-13)14(18)21-9-11-2-4-12(5-3-11)16(19)20;1-12-9-4-7-2-3-8(9)6-13-10(11)5-7/h2-5,13H,6-9H2,1H3;2-4H,5-6H2,1H3. The lowest BCUT2D eigenvalue weighted by atomic mass is 10.1. The van der Waals surface area contributed by atoms with E-state index in [0.29, 0.717) is 31.7 Å². The molecule has 11 heteroatoms. The predicted octanol–water partition coefficient (Wildman–Crippen LogP) is 3.88. The molecule has 0 spiro atoms. The predicted molar refractivity (Wildman–Crippen MR) is 128 cm³/mol. The number of nitro groups is 1. The van der Waals surface area contributed by atoms with Gasteiger partial charge in [0.1, 0.15) is 19.0 Å². The normalized spacial score (nSPS) is 16.3. The molecule has 2 bridgehead atoms. The minimum absolute atomic E-state index is 0.00119. The highest BCUT2D eigenvalue weighted by Gasteiger charge is 2.28. The van der Waals surface area contributed by atoms with Crippen LogP contribution in [-0.2, 0) is 38.7 Å². The van der Waals surface area contributed by atoms with E-state index in [9.17, 15) is 24.5 Å². The molecule has 1 atom stereocenters. The van der Waals surface area contributed by atoms with Crippen LogP contribution < -0.4 is 4.74 Å². The van der Waals surface area contributed by atoms with E-state index in [1.54, 1.807) is 24.1 Å². The zero-order valence-electron chi connectivity index (χ0n) is 19.4. The van der Waals surface area contributed by atoms with E-state index >= 15 is 0 Å². The highest BCUT2D eigenvalue weighted by Crippen LogP contribution is 2.25. The average Bonchev–Trinajstić information content (AvgIpc) is 3.28. The number of thioether (sulfide) groups is 1. The van der Waals surface area contributed by atoms with E-state index in [0.717, 1.165) is 23.3 Å². The second-order valence-electron chi connectivity index (χ2n) is 7.93. The molecule has 1 saturated heterocycles. The Morgan fingerprint density at radius 1 is 1.23 bits per heavy atom. The lowest BCUT2D eigenvalue weighted by Crippen LogP contribution is -2.29. The lowest BCUT2D eigenvalue weighted by Gasteiger charge is -2.16. The van der Waals surface area contributed by atoms with Crippen molar-refractivity contribution in [3.05, 3.63) is 69.3 Å². The summed E-state index contributed by atoms with van der Waals surface area (Å²) in [4.78, 5) is 45.7. The molecule has 10 nitrogen and oxygen atoms in total. The highest BCUT2D eigenvalue weighted by atomic mass is 32.2. The number of esters is 1. The topological polar surface area (TPSA) is 125 Å². The number of nitro benzene ring substituents is 1. The second-order valence-corrected chi connectivity index (χ2v) is 9.41. The smallest absolute Gasteiger partial charge is 0.410 e. The van der Waals surface area contributed by atoms with Crippen LogP contribution in [0.5, 0.6) is 5.75 Å². The van der Waals surface area contributed by atoms with Crippen molar-refractivity contribution in [2.45, 2.75) is 38.2 Å². The summed E-state index contributed by atoms with van der Waals surface area (Å²) in [7, 11) is 1.62. The van der Waals surface area contributed by atoms with Crippen molar-refractivity contribution in [3.8, 4) is 5.75 Å². The summed E-state index contributed by atoms with van der Waals surface area (Å²) in [5.74, 6) is 0.619. The number of hydrogen-bond donors (Lipinski definition) is 0. The van der Waals surface area contributed by atoms with E-state index in [1.165, 1.54) is 30.8 Å². The van der Waals surface area contributed by atoms with Crippen LogP contribution >= 0.6 is 11.8 Å². The van der Waals surface area contributed by atoms with E-state index in [2.05, 4.69) is 0 Å². The van der Waals surface area contributed by atoms with Gasteiger partial charge in [-0.2, -0.15) is 0 Å². The third-order valence-electron chi connectivity index (χ3n) is 5.33. The first-order chi connectivity index (χ1) is 16.7. The number of methoxy groups -OCH3 is 1. The maximum atomic E-state index is 11.9. The fourth-order valence-electron chi connectivity index (χ4n) is 3.57. The minimum Gasteiger partial charge on any atom is -0.496 e. The number of carbonyl (C=O) groups is 3. The van der Waals surface area contributed by atoms with Gasteiger partial charge >= 0.3 is 12.1 Å². The molecule has 1 amide bonds. The Hall–Kier alpha value is -3.60. The summed E-state index contributed by atoms with van der Waals surface area (Å²) in [6.45, 7) is 2.97. The summed E-state index contributed by atoms with van der Waals surface area (Å²) in [5, 5.41) is 10.7. The van der Waals surface area contributed by atoms with Crippen molar-refractivity contribution in [2.24, 2.45) is 0 Å². The Morgan fingerprint density at radius 2 is 1.97 bits per heavy atom. The van der Waals surface area contributed by atoms with E-state index < -0.39 is 11.0 Å². The lowest BCUT2D eigenvalue weighted by molar-refractivity contribution is -0.384. The molecule has 2 aromatic rings. The SMILES string of the molecule is CC(=O)SC1CCN(C(=O)OCc2ccc([N+](=O)[O-])cc2)C1.COc1cc2ccc1COC(=O)C2. The van der Waals surface area contributed by atoms with Crippen LogP contribution in [0.25, 0.3) is 0 Å². The molecule has 5 rings (SSSR count). The first-order valence-corrected chi connectivity index (χ1v) is 11.8. The zero-order chi connectivity index (χ0) is 25.4. The second kappa shape index (κ2) is 12.2. The maximum Gasteiger partial charge on any atom is 0.410 e. The van der Waals surface area contributed by atoms with Crippen molar-refractivity contribution in [1.29, 1.82) is 0 Å². The summed E-state index contributed by atoms with van der Waals surface area (Å²) in [5.41, 5.74) is 2.54. The highest BCUT2D eigenvalue weighted by molar-refractivity contribution is 8.14. The summed E-state index contributed by atoms with van der Waals surface area (Å²) >= 11 is 1.25. The number of benzene rings is 2. The van der Waals surface area contributed by atoms with E-state index in [-0.39, 0.29) is 28.6 Å². The van der Waals surface area contributed by atoms with Crippen molar-refractivity contribution in [2.75, 3.05) is 20.2 Å². The Balaban J connectivity index is 0.000000223. The van der Waals surface area contributed by atoms with Crippen LogP contribution in [-0.4, -0.2) is 52.5 Å². The van der Waals surface area contributed by atoms with Crippen LogP contribution in [0.15, 0.2) is 42.5 Å². The molecule has 35 heavy (non-hydrogen) atoms. The number of carbonyl (C=O) groups excluding carboxylic acids is 3. The van der Waals surface area contributed by atoms with Crippen molar-refractivity contribution in [1.82, 2.24) is 4.90 Å². The molecule has 2 aromatic carbocycles. The Labute approximate surface area is 206 Å². The minimum atomic E-state index is -0.479. The van der Waals surface area contributed by atoms with Gasteiger partial charge in [-0.25, -0.2) is 4.79 Å². The monoisotopic (exact) mass is 502 g/mol. The molecule has 0 aliphatic carbocycles. The molecule has 0 aromatic heterocycles. The van der Waals surface area contributed by atoms with Gasteiger partial charge < -0.3 is 19.1 Å². The number of nitrogens with zero attached hydrogens (tertiary/aromatic N) is 2. The Morgan fingerprint density at radius 3 is 2.63 bits per heavy atom. The van der Waals surface area contributed by atoms with Crippen LogP contribution in [0.4, 0.5) is 10.5 Å². The quantitative estimate of drug-likeness (QED) is 0.340. The maximum absolute atomic E-state index is 11.9. The van der Waals surface area contributed by atoms with Crippen LogP contribution in [0.1, 0.15) is 30.0 Å². The number of ether oxygens (including phenoxy) is 3. The van der Waals surface area contributed by atoms with Gasteiger partial charge in [0.25, 0.3) is 5.69 Å². The number of rotatable bonds is 5. The van der Waals surface area contributed by atoms with Crippen LogP contribution in [0.3, 0.4) is 0 Å². The first kappa shape index (κ1) is 26.0. The fraction of sp³-hybridized carbons (Fsp3) is 0.375. The van der Waals surface area contributed by atoms with Crippen molar-refractivity contribution < 1.29 is 33.5 Å². The average molecular weight is 503 g/mol. The molecule has 3 aliphatic heterocycles. The van der Waals surface area contributed by atoms with Gasteiger partial charge in [0, 0.05) is 43.0 Å². The summed E-state index contributed by atoms with van der Waals surface area (Å²) < 4.78 is 15.3. The van der Waals surface area contributed by atoms with Crippen LogP contribution in [0.2, 0.25) is 0 Å². The van der Waals surface area contributed by atoms with Gasteiger partial charge in [-0.1, -0.05) is 23.9 Å². The molecule has 0 N–H and O–H groups in total. The number of hydrogen-bond acceptors (Lipinski definition) is 9. The molecule has 0 saturated carbocycles. The number of fused-ring (bicyclic) bond motifs is 5. The molecular formula is C24H26N2O8S. The van der Waals surface area contributed by atoms with Crippen molar-refractivity contribution >= 4 is 34.6 Å². The molecule has 1 fully saturated rings. The summed E-state index contributed by atoms with van der Waals surface area (Å²) in [6.07, 6.45) is 0.679. The van der Waals surface area contributed by atoms with Gasteiger partial charge in [0.05, 0.1) is 18.5 Å². The molecule has 0 radical (unpaired) electrons. The largest absolute Gasteiger partial charge is 0.496 e. The van der Waals surface area contributed by atoms with E-state index in [4.69, 9.17) is 14.2 Å². The molecule has 3 aliphatic rings. The molecule has 186 valence electrons. The Kier molecular flexibility index (Phi) is 9.07. The number of amides is 1. The van der Waals surface area contributed by atoms with Crippen LogP contribution in [0, 0.1) is 10.1 Å². The first-order valence-electron chi connectivity index (χ1n) is 10.9. The number of non-ortho nitro benzene ring substituents is 1.